The van der Waals surface area contributed by atoms with Crippen LogP contribution < -0.4 is 10.6 Å². The van der Waals surface area contributed by atoms with Gasteiger partial charge < -0.3 is 10.6 Å². The topological polar surface area (TPSA) is 62.7 Å². The van der Waals surface area contributed by atoms with Crippen LogP contribution in [0.5, 0.6) is 0 Å². The largest absolute Gasteiger partial charge is 0.368 e. The first-order valence-corrected chi connectivity index (χ1v) is 8.32. The standard InChI is InChI=1S/C16H19N5S/c1-2-5-15-20-21-16(22-15)18-11-10-17-14-9-8-12-6-3-4-7-13(12)19-14/h3-4,6-9H,2,5,10-11H2,1H3,(H,17,19)(H,18,21). The summed E-state index contributed by atoms with van der Waals surface area (Å²) < 4.78 is 0. The molecule has 0 saturated carbocycles. The predicted octanol–water partition coefficient (Wildman–Crippen LogP) is 3.56. The summed E-state index contributed by atoms with van der Waals surface area (Å²) in [6, 6.07) is 12.2. The lowest BCUT2D eigenvalue weighted by molar-refractivity contribution is 0.877. The highest BCUT2D eigenvalue weighted by Crippen LogP contribution is 2.16. The molecule has 2 aromatic heterocycles. The highest BCUT2D eigenvalue weighted by Gasteiger charge is 2.02. The van der Waals surface area contributed by atoms with E-state index in [-0.39, 0.29) is 0 Å². The van der Waals surface area contributed by atoms with Crippen LogP contribution in [0.15, 0.2) is 36.4 Å². The quantitative estimate of drug-likeness (QED) is 0.653. The van der Waals surface area contributed by atoms with Crippen molar-refractivity contribution in [1.82, 2.24) is 15.2 Å². The van der Waals surface area contributed by atoms with Crippen LogP contribution in [-0.2, 0) is 6.42 Å². The fourth-order valence-electron chi connectivity index (χ4n) is 2.16. The molecule has 1 aromatic carbocycles. The Labute approximate surface area is 133 Å². The second-order valence-electron chi connectivity index (χ2n) is 4.99. The molecule has 3 rings (SSSR count). The van der Waals surface area contributed by atoms with Crippen LogP contribution in [0.2, 0.25) is 0 Å². The summed E-state index contributed by atoms with van der Waals surface area (Å²) in [5.74, 6) is 0.893. The Bertz CT molecular complexity index is 740. The number of nitrogens with zero attached hydrogens (tertiary/aromatic N) is 3. The second kappa shape index (κ2) is 7.17. The van der Waals surface area contributed by atoms with Gasteiger partial charge >= 0.3 is 0 Å². The molecule has 22 heavy (non-hydrogen) atoms. The van der Waals surface area contributed by atoms with E-state index in [0.717, 1.165) is 52.8 Å². The Morgan fingerprint density at radius 3 is 2.77 bits per heavy atom. The molecule has 2 N–H and O–H groups in total. The fourth-order valence-corrected chi connectivity index (χ4v) is 3.03. The van der Waals surface area contributed by atoms with Crippen molar-refractivity contribution in [3.05, 3.63) is 41.4 Å². The minimum Gasteiger partial charge on any atom is -0.368 e. The lowest BCUT2D eigenvalue weighted by Crippen LogP contribution is -2.14. The Morgan fingerprint density at radius 2 is 1.86 bits per heavy atom. The van der Waals surface area contributed by atoms with Crippen molar-refractivity contribution in [2.75, 3.05) is 23.7 Å². The summed E-state index contributed by atoms with van der Waals surface area (Å²) in [4.78, 5) is 4.58. The first-order valence-electron chi connectivity index (χ1n) is 7.51. The van der Waals surface area contributed by atoms with Crippen molar-refractivity contribution in [3.8, 4) is 0 Å². The SMILES string of the molecule is CCCc1nnc(NCCNc2ccc3ccccc3n2)s1. The van der Waals surface area contributed by atoms with Gasteiger partial charge in [0, 0.05) is 24.9 Å². The number of fused-ring (bicyclic) bond motifs is 1. The predicted molar refractivity (Wildman–Crippen MR) is 92.6 cm³/mol. The normalized spacial score (nSPS) is 10.8. The minimum absolute atomic E-state index is 0.786. The number of nitrogens with one attached hydrogen (secondary N) is 2. The van der Waals surface area contributed by atoms with Crippen molar-refractivity contribution in [2.45, 2.75) is 19.8 Å². The van der Waals surface area contributed by atoms with Gasteiger partial charge in [0.25, 0.3) is 0 Å². The third kappa shape index (κ3) is 3.71. The fraction of sp³-hybridized carbons (Fsp3) is 0.312. The van der Waals surface area contributed by atoms with E-state index in [2.05, 4.69) is 44.9 Å². The van der Waals surface area contributed by atoms with Crippen LogP contribution in [0.1, 0.15) is 18.4 Å². The van der Waals surface area contributed by atoms with Crippen molar-refractivity contribution < 1.29 is 0 Å². The van der Waals surface area contributed by atoms with Gasteiger partial charge in [0.2, 0.25) is 5.13 Å². The van der Waals surface area contributed by atoms with Crippen molar-refractivity contribution in [3.63, 3.8) is 0 Å². The molecule has 5 nitrogen and oxygen atoms in total. The summed E-state index contributed by atoms with van der Waals surface area (Å²) in [5.41, 5.74) is 1.01. The first kappa shape index (κ1) is 14.7. The first-order chi connectivity index (χ1) is 10.8. The van der Waals surface area contributed by atoms with Crippen molar-refractivity contribution >= 4 is 33.2 Å². The molecule has 0 aliphatic heterocycles. The maximum absolute atomic E-state index is 4.58. The van der Waals surface area contributed by atoms with E-state index < -0.39 is 0 Å². The summed E-state index contributed by atoms with van der Waals surface area (Å²) in [7, 11) is 0. The lowest BCUT2D eigenvalue weighted by Gasteiger charge is -2.07. The second-order valence-corrected chi connectivity index (χ2v) is 6.06. The van der Waals surface area contributed by atoms with Gasteiger partial charge in [-0.25, -0.2) is 4.98 Å². The van der Waals surface area contributed by atoms with Gasteiger partial charge in [-0.3, -0.25) is 0 Å². The third-order valence-electron chi connectivity index (χ3n) is 3.24. The molecule has 3 aromatic rings. The van der Waals surface area contributed by atoms with Crippen molar-refractivity contribution in [1.29, 1.82) is 0 Å². The van der Waals surface area contributed by atoms with E-state index in [0.29, 0.717) is 0 Å². The van der Waals surface area contributed by atoms with E-state index >= 15 is 0 Å². The number of aromatic nitrogens is 3. The molecule has 0 spiro atoms. The van der Waals surface area contributed by atoms with E-state index in [1.54, 1.807) is 11.3 Å². The summed E-state index contributed by atoms with van der Waals surface area (Å²) in [6.45, 7) is 3.72. The molecule has 114 valence electrons. The molecular formula is C16H19N5S. The maximum Gasteiger partial charge on any atom is 0.205 e. The average molecular weight is 313 g/mol. The number of para-hydroxylation sites is 1. The van der Waals surface area contributed by atoms with Crippen LogP contribution in [0.3, 0.4) is 0 Å². The van der Waals surface area contributed by atoms with Gasteiger partial charge in [0.15, 0.2) is 0 Å². The molecule has 0 aliphatic rings. The maximum atomic E-state index is 4.58. The lowest BCUT2D eigenvalue weighted by atomic mass is 10.2. The highest BCUT2D eigenvalue weighted by molar-refractivity contribution is 7.15. The smallest absolute Gasteiger partial charge is 0.205 e. The molecule has 2 heterocycles. The molecule has 0 unspecified atom stereocenters. The van der Waals surface area contributed by atoms with Crippen LogP contribution in [0.25, 0.3) is 10.9 Å². The number of pyridine rings is 1. The van der Waals surface area contributed by atoms with Crippen LogP contribution in [0, 0.1) is 0 Å². The van der Waals surface area contributed by atoms with Gasteiger partial charge in [0.1, 0.15) is 10.8 Å². The van der Waals surface area contributed by atoms with E-state index in [4.69, 9.17) is 0 Å². The number of hydrogen-bond donors (Lipinski definition) is 2. The third-order valence-corrected chi connectivity index (χ3v) is 4.18. The Morgan fingerprint density at radius 1 is 1.00 bits per heavy atom. The minimum atomic E-state index is 0.786. The number of hydrogen-bond acceptors (Lipinski definition) is 6. The Hall–Kier alpha value is -2.21. The molecule has 0 aliphatic carbocycles. The Kier molecular flexibility index (Phi) is 4.80. The molecule has 0 fully saturated rings. The van der Waals surface area contributed by atoms with E-state index in [9.17, 15) is 0 Å². The summed E-state index contributed by atoms with van der Waals surface area (Å²) in [5, 5.41) is 18.0. The van der Waals surface area contributed by atoms with E-state index in [1.165, 1.54) is 0 Å². The molecule has 6 heteroatoms. The molecule has 0 saturated heterocycles. The molecular weight excluding hydrogens is 294 g/mol. The molecule has 0 atom stereocenters. The van der Waals surface area contributed by atoms with Gasteiger partial charge in [-0.05, 0) is 24.6 Å². The van der Waals surface area contributed by atoms with E-state index in [1.807, 2.05) is 24.3 Å². The van der Waals surface area contributed by atoms with Gasteiger partial charge in [-0.15, -0.1) is 10.2 Å². The average Bonchev–Trinajstić information content (AvgIpc) is 2.99. The van der Waals surface area contributed by atoms with Crippen LogP contribution in [-0.4, -0.2) is 28.3 Å². The summed E-state index contributed by atoms with van der Waals surface area (Å²) in [6.07, 6.45) is 2.10. The number of anilines is 2. The monoisotopic (exact) mass is 313 g/mol. The zero-order chi connectivity index (χ0) is 15.2. The highest BCUT2D eigenvalue weighted by atomic mass is 32.1. The summed E-state index contributed by atoms with van der Waals surface area (Å²) >= 11 is 1.63. The van der Waals surface area contributed by atoms with Gasteiger partial charge in [-0.2, -0.15) is 0 Å². The Balaban J connectivity index is 1.49. The van der Waals surface area contributed by atoms with Crippen LogP contribution >= 0.6 is 11.3 Å². The zero-order valence-electron chi connectivity index (χ0n) is 12.5. The molecule has 0 bridgehead atoms. The molecule has 0 amide bonds. The number of benzene rings is 1. The number of rotatable bonds is 7. The van der Waals surface area contributed by atoms with Gasteiger partial charge in [-0.1, -0.05) is 36.5 Å². The van der Waals surface area contributed by atoms with Crippen molar-refractivity contribution in [2.24, 2.45) is 0 Å². The van der Waals surface area contributed by atoms with Gasteiger partial charge in [0.05, 0.1) is 5.52 Å². The van der Waals surface area contributed by atoms with Crippen LogP contribution in [0.4, 0.5) is 10.9 Å². The zero-order valence-corrected chi connectivity index (χ0v) is 13.4. The molecule has 0 radical (unpaired) electrons. The number of aryl methyl sites for hydroxylation is 1.